The second-order valence-electron chi connectivity index (χ2n) is 4.61. The summed E-state index contributed by atoms with van der Waals surface area (Å²) in [6.07, 6.45) is 2.21. The van der Waals surface area contributed by atoms with E-state index in [4.69, 9.17) is 5.11 Å². The van der Waals surface area contributed by atoms with Crippen molar-refractivity contribution in [3.63, 3.8) is 0 Å². The number of hydrogen-bond donors (Lipinski definition) is 1. The van der Waals surface area contributed by atoms with Gasteiger partial charge in [0.25, 0.3) is 10.2 Å². The predicted octanol–water partition coefficient (Wildman–Crippen LogP) is -0.176. The summed E-state index contributed by atoms with van der Waals surface area (Å²) in [7, 11) is -1.86. The van der Waals surface area contributed by atoms with Gasteiger partial charge in [0.05, 0.1) is 0 Å². The number of rotatable bonds is 6. The van der Waals surface area contributed by atoms with E-state index in [1.54, 1.807) is 24.6 Å². The van der Waals surface area contributed by atoms with Gasteiger partial charge in [0.1, 0.15) is 0 Å². The molecule has 0 unspecified atom stereocenters. The van der Waals surface area contributed by atoms with Gasteiger partial charge in [-0.25, -0.2) is 4.98 Å². The van der Waals surface area contributed by atoms with Gasteiger partial charge in [-0.05, 0) is 6.42 Å². The van der Waals surface area contributed by atoms with E-state index >= 15 is 0 Å². The Hall–Kier alpha value is -0.740. The topological polar surface area (TPSA) is 77.0 Å². The van der Waals surface area contributed by atoms with E-state index < -0.39 is 10.2 Å². The van der Waals surface area contributed by atoms with Crippen LogP contribution in [0.25, 0.3) is 0 Å². The average Bonchev–Trinajstić information content (AvgIpc) is 2.99. The molecule has 0 aromatic carbocycles. The molecule has 0 spiro atoms. The summed E-state index contributed by atoms with van der Waals surface area (Å²) in [5.74, 6) is 0. The highest BCUT2D eigenvalue weighted by atomic mass is 32.2. The number of thiazole rings is 1. The molecule has 0 saturated carbocycles. The molecule has 0 radical (unpaired) electrons. The minimum absolute atomic E-state index is 0.00230. The van der Waals surface area contributed by atoms with Gasteiger partial charge >= 0.3 is 0 Å². The molecule has 1 aliphatic rings. The van der Waals surface area contributed by atoms with Crippen LogP contribution in [-0.4, -0.2) is 73.5 Å². The lowest BCUT2D eigenvalue weighted by Gasteiger charge is -2.35. The number of aliphatic hydroxyl groups excluding tert-OH is 1. The van der Waals surface area contributed by atoms with Crippen LogP contribution in [0.4, 0.5) is 5.13 Å². The molecule has 0 aliphatic carbocycles. The lowest BCUT2D eigenvalue weighted by Crippen LogP contribution is -2.52. The van der Waals surface area contributed by atoms with Gasteiger partial charge < -0.3 is 10.0 Å². The zero-order valence-corrected chi connectivity index (χ0v) is 13.1. The van der Waals surface area contributed by atoms with Gasteiger partial charge in [-0.2, -0.15) is 17.0 Å². The van der Waals surface area contributed by atoms with Crippen LogP contribution in [0, 0.1) is 0 Å². The molecule has 7 nitrogen and oxygen atoms in total. The Morgan fingerprint density at radius 3 is 2.65 bits per heavy atom. The van der Waals surface area contributed by atoms with Crippen LogP contribution in [0.2, 0.25) is 0 Å². The summed E-state index contributed by atoms with van der Waals surface area (Å²) in [4.78, 5) is 6.34. The first-order valence-corrected chi connectivity index (χ1v) is 8.80. The third kappa shape index (κ3) is 3.47. The summed E-state index contributed by atoms with van der Waals surface area (Å²) < 4.78 is 27.4. The fraction of sp³-hybridized carbons (Fsp3) is 0.727. The molecule has 114 valence electrons. The van der Waals surface area contributed by atoms with E-state index in [0.717, 1.165) is 5.13 Å². The number of hydrogen-bond acceptors (Lipinski definition) is 6. The van der Waals surface area contributed by atoms with Crippen molar-refractivity contribution in [3.8, 4) is 0 Å². The van der Waals surface area contributed by atoms with Crippen molar-refractivity contribution in [3.05, 3.63) is 11.6 Å². The summed E-state index contributed by atoms with van der Waals surface area (Å²) in [6, 6.07) is 0. The van der Waals surface area contributed by atoms with Crippen molar-refractivity contribution in [2.45, 2.75) is 6.42 Å². The Morgan fingerprint density at radius 1 is 1.40 bits per heavy atom. The molecule has 2 heterocycles. The van der Waals surface area contributed by atoms with Gasteiger partial charge in [-0.1, -0.05) is 0 Å². The highest BCUT2D eigenvalue weighted by Gasteiger charge is 2.30. The van der Waals surface area contributed by atoms with Gasteiger partial charge in [0.15, 0.2) is 5.13 Å². The first-order chi connectivity index (χ1) is 9.55. The maximum Gasteiger partial charge on any atom is 0.281 e. The molecule has 9 heteroatoms. The third-order valence-electron chi connectivity index (χ3n) is 3.28. The lowest BCUT2D eigenvalue weighted by atomic mass is 10.4. The molecule has 2 rings (SSSR count). The first kappa shape index (κ1) is 15.6. The molecule has 1 N–H and O–H groups in total. The smallest absolute Gasteiger partial charge is 0.281 e. The first-order valence-electron chi connectivity index (χ1n) is 6.52. The zero-order valence-electron chi connectivity index (χ0n) is 11.5. The Labute approximate surface area is 123 Å². The zero-order chi connectivity index (χ0) is 14.6. The van der Waals surface area contributed by atoms with Gasteiger partial charge in [0, 0.05) is 58.0 Å². The molecular formula is C11H20N4O3S2. The van der Waals surface area contributed by atoms with E-state index in [1.165, 1.54) is 8.61 Å². The van der Waals surface area contributed by atoms with Crippen LogP contribution >= 0.6 is 11.3 Å². The predicted molar refractivity (Wildman–Crippen MR) is 79.2 cm³/mol. The minimum atomic E-state index is -3.41. The van der Waals surface area contributed by atoms with Crippen molar-refractivity contribution < 1.29 is 13.5 Å². The Balaban J connectivity index is 1.92. The van der Waals surface area contributed by atoms with Crippen LogP contribution in [-0.2, 0) is 10.2 Å². The van der Waals surface area contributed by atoms with Crippen molar-refractivity contribution in [2.24, 2.45) is 0 Å². The molecule has 20 heavy (non-hydrogen) atoms. The largest absolute Gasteiger partial charge is 0.396 e. The molecular weight excluding hydrogens is 300 g/mol. The van der Waals surface area contributed by atoms with Crippen molar-refractivity contribution in [2.75, 3.05) is 51.3 Å². The molecule has 1 aliphatic heterocycles. The maximum absolute atomic E-state index is 12.3. The van der Waals surface area contributed by atoms with E-state index in [0.29, 0.717) is 39.1 Å². The molecule has 0 amide bonds. The Kier molecular flexibility index (Phi) is 5.33. The van der Waals surface area contributed by atoms with E-state index in [-0.39, 0.29) is 6.61 Å². The van der Waals surface area contributed by atoms with E-state index in [9.17, 15) is 8.42 Å². The highest BCUT2D eigenvalue weighted by Crippen LogP contribution is 2.20. The number of piperazine rings is 1. The van der Waals surface area contributed by atoms with Crippen LogP contribution in [0.15, 0.2) is 11.6 Å². The summed E-state index contributed by atoms with van der Waals surface area (Å²) in [6.45, 7) is 2.57. The highest BCUT2D eigenvalue weighted by molar-refractivity contribution is 7.86. The second kappa shape index (κ2) is 6.81. The monoisotopic (exact) mass is 320 g/mol. The normalized spacial score (nSPS) is 17.9. The summed E-state index contributed by atoms with van der Waals surface area (Å²) in [5.41, 5.74) is 0. The summed E-state index contributed by atoms with van der Waals surface area (Å²) in [5, 5.41) is 11.6. The SMILES string of the molecule is CN(CCCO)S(=O)(=O)N1CCN(c2nccs2)CC1. The molecule has 1 aromatic heterocycles. The van der Waals surface area contributed by atoms with Crippen LogP contribution in [0.5, 0.6) is 0 Å². The second-order valence-corrected chi connectivity index (χ2v) is 7.52. The van der Waals surface area contributed by atoms with Crippen LogP contribution in [0.3, 0.4) is 0 Å². The summed E-state index contributed by atoms with van der Waals surface area (Å²) >= 11 is 1.56. The van der Waals surface area contributed by atoms with E-state index in [2.05, 4.69) is 9.88 Å². The molecule has 1 fully saturated rings. The molecule has 1 saturated heterocycles. The van der Waals surface area contributed by atoms with E-state index in [1.807, 2.05) is 5.38 Å². The number of anilines is 1. The average molecular weight is 320 g/mol. The van der Waals surface area contributed by atoms with Crippen molar-refractivity contribution in [1.82, 2.24) is 13.6 Å². The third-order valence-corrected chi connectivity index (χ3v) is 6.10. The Morgan fingerprint density at radius 2 is 2.10 bits per heavy atom. The maximum atomic E-state index is 12.3. The van der Waals surface area contributed by atoms with Crippen molar-refractivity contribution in [1.29, 1.82) is 0 Å². The fourth-order valence-corrected chi connectivity index (χ4v) is 4.16. The molecule has 1 aromatic rings. The molecule has 0 atom stereocenters. The van der Waals surface area contributed by atoms with Crippen LogP contribution < -0.4 is 4.90 Å². The lowest BCUT2D eigenvalue weighted by molar-refractivity contribution is 0.270. The number of aliphatic hydroxyl groups is 1. The Bertz CT molecular complexity index is 498. The molecule has 0 bridgehead atoms. The number of nitrogens with zero attached hydrogens (tertiary/aromatic N) is 4. The van der Waals surface area contributed by atoms with Gasteiger partial charge in [0.2, 0.25) is 0 Å². The van der Waals surface area contributed by atoms with Crippen molar-refractivity contribution >= 4 is 26.7 Å². The van der Waals surface area contributed by atoms with Gasteiger partial charge in [-0.3, -0.25) is 0 Å². The van der Waals surface area contributed by atoms with Gasteiger partial charge in [-0.15, -0.1) is 11.3 Å². The van der Waals surface area contributed by atoms with Crippen LogP contribution in [0.1, 0.15) is 6.42 Å². The minimum Gasteiger partial charge on any atom is -0.396 e. The quantitative estimate of drug-likeness (QED) is 0.787. The fourth-order valence-electron chi connectivity index (χ4n) is 2.09. The number of aromatic nitrogens is 1. The standard InChI is InChI=1S/C11H20N4O3S2/c1-13(4-2-9-16)20(17,18)15-7-5-14(6-8-15)11-12-3-10-19-11/h3,10,16H,2,4-9H2,1H3.